The molecule has 1 aromatic heterocycles. The van der Waals surface area contributed by atoms with Gasteiger partial charge in [-0.05, 0) is 26.7 Å². The maximum absolute atomic E-state index is 12.3. The van der Waals surface area contributed by atoms with E-state index in [-0.39, 0.29) is 11.6 Å². The van der Waals surface area contributed by atoms with E-state index in [1.54, 1.807) is 34.6 Å². The summed E-state index contributed by atoms with van der Waals surface area (Å²) >= 11 is 0. The second-order valence-electron chi connectivity index (χ2n) is 5.87. The summed E-state index contributed by atoms with van der Waals surface area (Å²) in [7, 11) is 0. The van der Waals surface area contributed by atoms with Gasteiger partial charge in [-0.2, -0.15) is 0 Å². The molecule has 20 heavy (non-hydrogen) atoms. The lowest BCUT2D eigenvalue weighted by Gasteiger charge is -2.31. The minimum atomic E-state index is -1.64. The Bertz CT molecular complexity index is 515. The van der Waals surface area contributed by atoms with E-state index in [9.17, 15) is 9.59 Å². The van der Waals surface area contributed by atoms with Crippen LogP contribution in [0.3, 0.4) is 0 Å². The molecule has 0 aliphatic rings. The number of ether oxygens (including phenoxy) is 1. The number of carbonyl (C=O) groups is 2. The number of nitrogens with zero attached hydrogens (tertiary/aromatic N) is 1. The van der Waals surface area contributed by atoms with Gasteiger partial charge in [0.1, 0.15) is 11.9 Å². The van der Waals surface area contributed by atoms with Crippen molar-refractivity contribution < 1.29 is 23.8 Å². The van der Waals surface area contributed by atoms with Crippen molar-refractivity contribution in [1.82, 2.24) is 4.98 Å². The Morgan fingerprint density at radius 2 is 1.95 bits per heavy atom. The first kappa shape index (κ1) is 16.2. The van der Waals surface area contributed by atoms with Gasteiger partial charge in [-0.15, -0.1) is 0 Å². The van der Waals surface area contributed by atoms with E-state index in [2.05, 4.69) is 4.98 Å². The summed E-state index contributed by atoms with van der Waals surface area (Å²) in [6.45, 7) is 8.54. The summed E-state index contributed by atoms with van der Waals surface area (Å²) in [5, 5.41) is 8.85. The smallest absolute Gasteiger partial charge is 0.357 e. The molecule has 0 unspecified atom stereocenters. The van der Waals surface area contributed by atoms with Crippen LogP contribution in [-0.2, 0) is 15.1 Å². The molecule has 0 aliphatic carbocycles. The summed E-state index contributed by atoms with van der Waals surface area (Å²) in [4.78, 5) is 26.9. The number of carbonyl (C=O) groups excluding carboxylic acids is 1. The second kappa shape index (κ2) is 5.24. The number of hydrogen-bond acceptors (Lipinski definition) is 6. The van der Waals surface area contributed by atoms with Gasteiger partial charge in [0.2, 0.25) is 5.89 Å². The van der Waals surface area contributed by atoms with Crippen molar-refractivity contribution in [2.75, 3.05) is 0 Å². The number of oxazole rings is 1. The average molecular weight is 284 g/mol. The zero-order valence-electron chi connectivity index (χ0n) is 12.3. The van der Waals surface area contributed by atoms with Crippen molar-refractivity contribution in [3.63, 3.8) is 0 Å². The molecule has 0 saturated carbocycles. The molecular weight excluding hydrogens is 264 g/mol. The maximum Gasteiger partial charge on any atom is 0.357 e. The highest BCUT2D eigenvalue weighted by atomic mass is 16.6. The number of aromatic carboxylic acids is 1. The van der Waals surface area contributed by atoms with E-state index in [4.69, 9.17) is 20.0 Å². The van der Waals surface area contributed by atoms with Crippen molar-refractivity contribution in [2.24, 2.45) is 11.7 Å². The third-order valence-electron chi connectivity index (χ3n) is 2.72. The van der Waals surface area contributed by atoms with E-state index in [1.807, 2.05) is 0 Å². The lowest BCUT2D eigenvalue weighted by atomic mass is 9.87. The monoisotopic (exact) mass is 284 g/mol. The number of esters is 1. The molecule has 0 saturated heterocycles. The SMILES string of the molecule is CC(C)[C@@](N)(C(=O)OC(C)(C)C)c1nc(C(=O)O)co1. The van der Waals surface area contributed by atoms with Gasteiger partial charge >= 0.3 is 11.9 Å². The number of rotatable bonds is 4. The fourth-order valence-corrected chi connectivity index (χ4v) is 1.49. The van der Waals surface area contributed by atoms with Crippen LogP contribution in [0.2, 0.25) is 0 Å². The molecule has 0 spiro atoms. The molecule has 0 radical (unpaired) electrons. The molecular formula is C13H20N2O5. The molecule has 0 fully saturated rings. The van der Waals surface area contributed by atoms with E-state index < -0.39 is 29.0 Å². The average Bonchev–Trinajstić information content (AvgIpc) is 2.74. The number of hydrogen-bond donors (Lipinski definition) is 2. The van der Waals surface area contributed by atoms with Gasteiger partial charge in [0.15, 0.2) is 11.2 Å². The zero-order valence-corrected chi connectivity index (χ0v) is 12.3. The largest absolute Gasteiger partial charge is 0.476 e. The molecule has 0 amide bonds. The minimum Gasteiger partial charge on any atom is -0.476 e. The van der Waals surface area contributed by atoms with Gasteiger partial charge in [-0.3, -0.25) is 0 Å². The van der Waals surface area contributed by atoms with Crippen LogP contribution in [0.15, 0.2) is 10.7 Å². The standard InChI is InChI=1S/C13H20N2O5/c1-7(2)13(14,11(18)20-12(3,4)5)10-15-8(6-19-10)9(16)17/h6-7H,14H2,1-5H3,(H,16,17)/t13-/m0/s1. The topological polar surface area (TPSA) is 116 Å². The summed E-state index contributed by atoms with van der Waals surface area (Å²) < 4.78 is 10.3. The van der Waals surface area contributed by atoms with Crippen LogP contribution in [0.25, 0.3) is 0 Å². The Morgan fingerprint density at radius 3 is 2.30 bits per heavy atom. The normalized spacial score (nSPS) is 14.9. The number of nitrogens with two attached hydrogens (primary N) is 1. The third kappa shape index (κ3) is 3.16. The van der Waals surface area contributed by atoms with Crippen LogP contribution in [0.1, 0.15) is 51.0 Å². The van der Waals surface area contributed by atoms with Gasteiger partial charge < -0.3 is 20.0 Å². The molecule has 7 heteroatoms. The lowest BCUT2D eigenvalue weighted by Crippen LogP contribution is -2.52. The lowest BCUT2D eigenvalue weighted by molar-refractivity contribution is -0.165. The predicted octanol–water partition coefficient (Wildman–Crippen LogP) is 1.52. The van der Waals surface area contributed by atoms with Gasteiger partial charge in [0.05, 0.1) is 0 Å². The zero-order chi connectivity index (χ0) is 15.7. The van der Waals surface area contributed by atoms with Gasteiger partial charge in [0, 0.05) is 0 Å². The Balaban J connectivity index is 3.20. The van der Waals surface area contributed by atoms with Crippen molar-refractivity contribution in [3.05, 3.63) is 17.8 Å². The molecule has 0 bridgehead atoms. The molecule has 0 aliphatic heterocycles. The second-order valence-corrected chi connectivity index (χ2v) is 5.87. The Labute approximate surface area is 117 Å². The fraction of sp³-hybridized carbons (Fsp3) is 0.615. The highest BCUT2D eigenvalue weighted by molar-refractivity contribution is 5.86. The van der Waals surface area contributed by atoms with Crippen molar-refractivity contribution in [3.8, 4) is 0 Å². The third-order valence-corrected chi connectivity index (χ3v) is 2.72. The van der Waals surface area contributed by atoms with Gasteiger partial charge in [-0.1, -0.05) is 13.8 Å². The molecule has 1 atom stereocenters. The first-order chi connectivity index (χ1) is 8.98. The summed E-state index contributed by atoms with van der Waals surface area (Å²) in [6.07, 6.45) is 0.950. The van der Waals surface area contributed by atoms with E-state index in [0.717, 1.165) is 6.26 Å². The molecule has 7 nitrogen and oxygen atoms in total. The van der Waals surface area contributed by atoms with E-state index in [1.165, 1.54) is 0 Å². The quantitative estimate of drug-likeness (QED) is 0.805. The van der Waals surface area contributed by atoms with Crippen LogP contribution in [0.5, 0.6) is 0 Å². The van der Waals surface area contributed by atoms with Crippen LogP contribution >= 0.6 is 0 Å². The summed E-state index contributed by atoms with van der Waals surface area (Å²) in [5.74, 6) is -2.52. The maximum atomic E-state index is 12.3. The summed E-state index contributed by atoms with van der Waals surface area (Å²) in [6, 6.07) is 0. The molecule has 3 N–H and O–H groups in total. The Hall–Kier alpha value is -1.89. The predicted molar refractivity (Wildman–Crippen MR) is 70.0 cm³/mol. The number of carboxylic acid groups (broad SMARTS) is 1. The van der Waals surface area contributed by atoms with E-state index >= 15 is 0 Å². The fourth-order valence-electron chi connectivity index (χ4n) is 1.49. The first-order valence-corrected chi connectivity index (χ1v) is 6.20. The van der Waals surface area contributed by atoms with Crippen molar-refractivity contribution >= 4 is 11.9 Å². The molecule has 1 rings (SSSR count). The van der Waals surface area contributed by atoms with Gasteiger partial charge in [0.25, 0.3) is 0 Å². The van der Waals surface area contributed by atoms with Crippen LogP contribution in [0, 0.1) is 5.92 Å². The number of aromatic nitrogens is 1. The Kier molecular flexibility index (Phi) is 4.24. The highest BCUT2D eigenvalue weighted by Gasteiger charge is 2.47. The first-order valence-electron chi connectivity index (χ1n) is 6.20. The Morgan fingerprint density at radius 1 is 1.40 bits per heavy atom. The van der Waals surface area contributed by atoms with Crippen molar-refractivity contribution in [2.45, 2.75) is 45.8 Å². The van der Waals surface area contributed by atoms with Gasteiger partial charge in [-0.25, -0.2) is 14.6 Å². The molecule has 1 aromatic rings. The molecule has 0 aromatic carbocycles. The highest BCUT2D eigenvalue weighted by Crippen LogP contribution is 2.29. The van der Waals surface area contributed by atoms with Crippen LogP contribution < -0.4 is 5.73 Å². The van der Waals surface area contributed by atoms with Crippen molar-refractivity contribution in [1.29, 1.82) is 0 Å². The van der Waals surface area contributed by atoms with Crippen LogP contribution in [-0.4, -0.2) is 27.6 Å². The van der Waals surface area contributed by atoms with Crippen LogP contribution in [0.4, 0.5) is 0 Å². The van der Waals surface area contributed by atoms with E-state index in [0.29, 0.717) is 0 Å². The molecule has 112 valence electrons. The minimum absolute atomic E-state index is 0.167. The summed E-state index contributed by atoms with van der Waals surface area (Å²) in [5.41, 5.74) is 3.43. The molecule has 1 heterocycles. The number of carboxylic acids is 1.